The third-order valence-corrected chi connectivity index (χ3v) is 3.32. The number of aromatic nitrogens is 1. The number of ether oxygens (including phenoxy) is 2. The number of hydrogen-bond donors (Lipinski definition) is 1. The molecular formula is C17H22N2O4. The molecule has 0 aliphatic heterocycles. The van der Waals surface area contributed by atoms with Gasteiger partial charge < -0.3 is 19.2 Å². The Morgan fingerprint density at radius 2 is 2.04 bits per heavy atom. The number of rotatable bonds is 8. The van der Waals surface area contributed by atoms with Crippen molar-refractivity contribution in [1.29, 1.82) is 0 Å². The molecule has 1 unspecified atom stereocenters. The van der Waals surface area contributed by atoms with E-state index >= 15 is 0 Å². The van der Waals surface area contributed by atoms with Crippen LogP contribution in [0.1, 0.15) is 19.2 Å². The maximum atomic E-state index is 11.8. The van der Waals surface area contributed by atoms with E-state index in [-0.39, 0.29) is 11.9 Å². The minimum atomic E-state index is -0.0428. The lowest BCUT2D eigenvalue weighted by Crippen LogP contribution is -2.35. The van der Waals surface area contributed by atoms with Crippen LogP contribution in [0.15, 0.2) is 34.9 Å². The predicted molar refractivity (Wildman–Crippen MR) is 86.3 cm³/mol. The summed E-state index contributed by atoms with van der Waals surface area (Å²) in [4.78, 5) is 16.0. The molecule has 0 radical (unpaired) electrons. The molecule has 23 heavy (non-hydrogen) atoms. The molecule has 6 nitrogen and oxygen atoms in total. The molecule has 1 amide bonds. The first-order valence-corrected chi connectivity index (χ1v) is 7.49. The van der Waals surface area contributed by atoms with Gasteiger partial charge in [0.05, 0.1) is 19.9 Å². The van der Waals surface area contributed by atoms with Gasteiger partial charge in [0.15, 0.2) is 11.7 Å². The van der Waals surface area contributed by atoms with Crippen LogP contribution in [0.4, 0.5) is 0 Å². The fourth-order valence-corrected chi connectivity index (χ4v) is 2.17. The lowest BCUT2D eigenvalue weighted by molar-refractivity contribution is -0.122. The van der Waals surface area contributed by atoms with E-state index < -0.39 is 0 Å². The maximum Gasteiger partial charge on any atom is 0.220 e. The number of oxazole rings is 1. The lowest BCUT2D eigenvalue weighted by atomic mass is 10.2. The van der Waals surface area contributed by atoms with E-state index in [2.05, 4.69) is 10.3 Å². The first-order valence-electron chi connectivity index (χ1n) is 7.49. The van der Waals surface area contributed by atoms with Gasteiger partial charge in [-0.25, -0.2) is 4.98 Å². The number of amides is 1. The number of carbonyl (C=O) groups is 1. The van der Waals surface area contributed by atoms with Crippen molar-refractivity contribution in [2.24, 2.45) is 0 Å². The number of benzene rings is 1. The van der Waals surface area contributed by atoms with E-state index in [1.807, 2.05) is 31.2 Å². The largest absolute Gasteiger partial charge is 0.497 e. The Kier molecular flexibility index (Phi) is 6.17. The van der Waals surface area contributed by atoms with Gasteiger partial charge >= 0.3 is 0 Å². The van der Waals surface area contributed by atoms with Gasteiger partial charge in [-0.1, -0.05) is 0 Å². The summed E-state index contributed by atoms with van der Waals surface area (Å²) in [5.74, 6) is 1.97. The zero-order valence-electron chi connectivity index (χ0n) is 13.7. The first-order chi connectivity index (χ1) is 11.1. The zero-order valence-corrected chi connectivity index (χ0v) is 13.7. The summed E-state index contributed by atoms with van der Waals surface area (Å²) >= 11 is 0. The predicted octanol–water partition coefficient (Wildman–Crippen LogP) is 2.43. The van der Waals surface area contributed by atoms with E-state index in [1.54, 1.807) is 20.4 Å². The molecule has 0 saturated carbocycles. The van der Waals surface area contributed by atoms with E-state index in [1.165, 1.54) is 0 Å². The molecule has 2 rings (SSSR count). The topological polar surface area (TPSA) is 73.6 Å². The summed E-state index contributed by atoms with van der Waals surface area (Å²) < 4.78 is 15.8. The Labute approximate surface area is 135 Å². The van der Waals surface area contributed by atoms with Crippen molar-refractivity contribution in [1.82, 2.24) is 10.3 Å². The molecule has 0 saturated heterocycles. The normalized spacial score (nSPS) is 12.0. The van der Waals surface area contributed by atoms with Crippen LogP contribution in [0, 0.1) is 0 Å². The third-order valence-electron chi connectivity index (χ3n) is 3.32. The number of hydrogen-bond acceptors (Lipinski definition) is 5. The Balaban J connectivity index is 1.88. The van der Waals surface area contributed by atoms with Gasteiger partial charge in [0, 0.05) is 31.6 Å². The summed E-state index contributed by atoms with van der Waals surface area (Å²) in [6, 6.07) is 7.53. The van der Waals surface area contributed by atoms with E-state index in [9.17, 15) is 4.79 Å². The highest BCUT2D eigenvalue weighted by Gasteiger charge is 2.11. The average Bonchev–Trinajstić information content (AvgIpc) is 3.02. The molecule has 0 bridgehead atoms. The Bertz CT molecular complexity index is 622. The standard InChI is InChI=1S/C17H22N2O4/c1-12(11-21-2)19-16(20)8-9-17-18-10-15(23-17)13-4-6-14(22-3)7-5-13/h4-7,10,12H,8-9,11H2,1-3H3,(H,19,20). The number of nitrogens with zero attached hydrogens (tertiary/aromatic N) is 1. The van der Waals surface area contributed by atoms with Crippen molar-refractivity contribution in [2.45, 2.75) is 25.8 Å². The van der Waals surface area contributed by atoms with Gasteiger partial charge in [-0.3, -0.25) is 4.79 Å². The second-order valence-electron chi connectivity index (χ2n) is 5.27. The number of methoxy groups -OCH3 is 2. The fraction of sp³-hybridized carbons (Fsp3) is 0.412. The van der Waals surface area contributed by atoms with Crippen molar-refractivity contribution in [3.05, 3.63) is 36.4 Å². The SMILES string of the molecule is COCC(C)NC(=O)CCc1ncc(-c2ccc(OC)cc2)o1. The smallest absolute Gasteiger partial charge is 0.220 e. The summed E-state index contributed by atoms with van der Waals surface area (Å²) in [6.45, 7) is 2.39. The fourth-order valence-electron chi connectivity index (χ4n) is 2.17. The van der Waals surface area contributed by atoms with E-state index in [0.717, 1.165) is 11.3 Å². The second kappa shape index (κ2) is 8.33. The number of nitrogens with one attached hydrogen (secondary N) is 1. The molecule has 1 atom stereocenters. The molecule has 0 aliphatic carbocycles. The quantitative estimate of drug-likeness (QED) is 0.809. The Morgan fingerprint density at radius 1 is 1.30 bits per heavy atom. The molecule has 1 aromatic heterocycles. The number of carbonyl (C=O) groups excluding carboxylic acids is 1. The van der Waals surface area contributed by atoms with Crippen molar-refractivity contribution >= 4 is 5.91 Å². The van der Waals surface area contributed by atoms with Crippen molar-refractivity contribution in [3.63, 3.8) is 0 Å². The van der Waals surface area contributed by atoms with Crippen molar-refractivity contribution in [2.75, 3.05) is 20.8 Å². The molecule has 1 heterocycles. The van der Waals surface area contributed by atoms with Gasteiger partial charge in [-0.05, 0) is 31.2 Å². The maximum absolute atomic E-state index is 11.8. The van der Waals surface area contributed by atoms with E-state index in [0.29, 0.717) is 31.1 Å². The van der Waals surface area contributed by atoms with Crippen molar-refractivity contribution < 1.29 is 18.7 Å². The molecular weight excluding hydrogens is 296 g/mol. The van der Waals surface area contributed by atoms with Crippen LogP contribution in [0.5, 0.6) is 5.75 Å². The Hall–Kier alpha value is -2.34. The molecule has 6 heteroatoms. The highest BCUT2D eigenvalue weighted by Crippen LogP contribution is 2.23. The molecule has 124 valence electrons. The van der Waals surface area contributed by atoms with Gasteiger partial charge in [0.1, 0.15) is 5.75 Å². The first kappa shape index (κ1) is 17.0. The van der Waals surface area contributed by atoms with Gasteiger partial charge in [0.25, 0.3) is 0 Å². The molecule has 0 aliphatic rings. The van der Waals surface area contributed by atoms with Crippen LogP contribution in [0.25, 0.3) is 11.3 Å². The molecule has 0 fully saturated rings. The summed E-state index contributed by atoms with van der Waals surface area (Å²) in [5, 5.41) is 2.85. The molecule has 2 aromatic rings. The monoisotopic (exact) mass is 318 g/mol. The second-order valence-corrected chi connectivity index (χ2v) is 5.27. The molecule has 1 N–H and O–H groups in total. The third kappa shape index (κ3) is 5.10. The number of aryl methyl sites for hydroxylation is 1. The minimum absolute atomic E-state index is 0.00748. The average molecular weight is 318 g/mol. The summed E-state index contributed by atoms with van der Waals surface area (Å²) in [7, 11) is 3.23. The minimum Gasteiger partial charge on any atom is -0.497 e. The van der Waals surface area contributed by atoms with Crippen LogP contribution >= 0.6 is 0 Å². The highest BCUT2D eigenvalue weighted by atomic mass is 16.5. The summed E-state index contributed by atoms with van der Waals surface area (Å²) in [5.41, 5.74) is 0.919. The zero-order chi connectivity index (χ0) is 16.7. The van der Waals surface area contributed by atoms with Gasteiger partial charge in [0.2, 0.25) is 5.91 Å². The lowest BCUT2D eigenvalue weighted by Gasteiger charge is -2.11. The van der Waals surface area contributed by atoms with Crippen LogP contribution in [0.2, 0.25) is 0 Å². The van der Waals surface area contributed by atoms with Crippen LogP contribution in [0.3, 0.4) is 0 Å². The van der Waals surface area contributed by atoms with Crippen LogP contribution < -0.4 is 10.1 Å². The highest BCUT2D eigenvalue weighted by molar-refractivity contribution is 5.76. The van der Waals surface area contributed by atoms with Gasteiger partial charge in [-0.2, -0.15) is 0 Å². The van der Waals surface area contributed by atoms with Crippen LogP contribution in [-0.4, -0.2) is 37.8 Å². The molecule has 0 spiro atoms. The molecule has 1 aromatic carbocycles. The Morgan fingerprint density at radius 3 is 2.70 bits per heavy atom. The van der Waals surface area contributed by atoms with Gasteiger partial charge in [-0.15, -0.1) is 0 Å². The van der Waals surface area contributed by atoms with Crippen LogP contribution in [-0.2, 0) is 16.0 Å². The van der Waals surface area contributed by atoms with E-state index in [4.69, 9.17) is 13.9 Å². The summed E-state index contributed by atoms with van der Waals surface area (Å²) in [6.07, 6.45) is 2.46. The van der Waals surface area contributed by atoms with Crippen molar-refractivity contribution in [3.8, 4) is 17.1 Å².